The van der Waals surface area contributed by atoms with E-state index in [2.05, 4.69) is 15.9 Å². The normalized spacial score (nSPS) is 10.6. The molecule has 0 aliphatic rings. The van der Waals surface area contributed by atoms with Crippen LogP contribution in [0.25, 0.3) is 0 Å². The van der Waals surface area contributed by atoms with Crippen molar-refractivity contribution in [1.29, 1.82) is 0 Å². The van der Waals surface area contributed by atoms with Gasteiger partial charge in [0.2, 0.25) is 0 Å². The highest BCUT2D eigenvalue weighted by Crippen LogP contribution is 2.27. The zero-order valence-corrected chi connectivity index (χ0v) is 13.2. The van der Waals surface area contributed by atoms with Crippen LogP contribution in [0.3, 0.4) is 0 Å². The van der Waals surface area contributed by atoms with Crippen LogP contribution in [0, 0.1) is 0 Å². The first-order chi connectivity index (χ1) is 8.58. The number of ketones is 1. The lowest BCUT2D eigenvalue weighted by Gasteiger charge is -2.05. The van der Waals surface area contributed by atoms with Crippen molar-refractivity contribution in [1.82, 2.24) is 0 Å². The summed E-state index contributed by atoms with van der Waals surface area (Å²) in [4.78, 5) is 13.0. The van der Waals surface area contributed by atoms with Crippen molar-refractivity contribution >= 4 is 56.3 Å². The molecule has 0 atom stereocenters. The van der Waals surface area contributed by atoms with Gasteiger partial charge in [0, 0.05) is 32.2 Å². The van der Waals surface area contributed by atoms with Gasteiger partial charge in [-0.2, -0.15) is 0 Å². The van der Waals surface area contributed by atoms with Crippen molar-refractivity contribution in [2.24, 2.45) is 0 Å². The number of Topliss-reactive ketones (excluding diaryl/α,β-unsaturated/α-hetero) is 1. The number of halogens is 3. The Morgan fingerprint density at radius 1 is 1.17 bits per heavy atom. The van der Waals surface area contributed by atoms with Gasteiger partial charge in [-0.05, 0) is 45.1 Å². The van der Waals surface area contributed by atoms with E-state index in [0.717, 1.165) is 9.35 Å². The topological polar surface area (TPSA) is 17.1 Å². The molecular weight excluding hydrogens is 355 g/mol. The Morgan fingerprint density at radius 3 is 2.39 bits per heavy atom. The lowest BCUT2D eigenvalue weighted by atomic mass is 10.1. The molecular formula is C13H9BrCl2OS. The number of carbonyl (C=O) groups is 1. The van der Waals surface area contributed by atoms with E-state index in [1.165, 1.54) is 0 Å². The lowest BCUT2D eigenvalue weighted by molar-refractivity contribution is -0.117. The standard InChI is InChI=1S/C13H9BrCl2OS/c14-10-4-5-18-13(10)7-8(17)6-9-11(15)2-1-3-12(9)16/h1-5H,6-7H2. The van der Waals surface area contributed by atoms with Gasteiger partial charge >= 0.3 is 0 Å². The van der Waals surface area contributed by atoms with Crippen molar-refractivity contribution in [2.45, 2.75) is 12.8 Å². The monoisotopic (exact) mass is 362 g/mol. The third-order valence-corrected chi connectivity index (χ3v) is 5.12. The molecule has 2 aromatic rings. The Labute approximate surface area is 128 Å². The number of rotatable bonds is 4. The maximum atomic E-state index is 12.0. The van der Waals surface area contributed by atoms with Crippen molar-refractivity contribution in [3.63, 3.8) is 0 Å². The van der Waals surface area contributed by atoms with Crippen molar-refractivity contribution in [2.75, 3.05) is 0 Å². The fraction of sp³-hybridized carbons (Fsp3) is 0.154. The molecule has 0 radical (unpaired) electrons. The lowest BCUT2D eigenvalue weighted by Crippen LogP contribution is -2.06. The molecule has 18 heavy (non-hydrogen) atoms. The highest BCUT2D eigenvalue weighted by molar-refractivity contribution is 9.10. The summed E-state index contributed by atoms with van der Waals surface area (Å²) in [7, 11) is 0. The molecule has 0 amide bonds. The Bertz CT molecular complexity index is 560. The van der Waals surface area contributed by atoms with E-state index < -0.39 is 0 Å². The van der Waals surface area contributed by atoms with E-state index in [1.54, 1.807) is 29.5 Å². The van der Waals surface area contributed by atoms with Crippen LogP contribution in [0.1, 0.15) is 10.4 Å². The molecule has 1 aromatic carbocycles. The minimum absolute atomic E-state index is 0.105. The van der Waals surface area contributed by atoms with Crippen LogP contribution in [-0.4, -0.2) is 5.78 Å². The third kappa shape index (κ3) is 3.35. The first-order valence-electron chi connectivity index (χ1n) is 5.24. The Balaban J connectivity index is 2.10. The number of hydrogen-bond donors (Lipinski definition) is 0. The fourth-order valence-corrected chi connectivity index (χ4v) is 3.64. The van der Waals surface area contributed by atoms with Crippen LogP contribution in [0.2, 0.25) is 10.0 Å². The number of thiophene rings is 1. The van der Waals surface area contributed by atoms with E-state index in [0.29, 0.717) is 22.0 Å². The zero-order chi connectivity index (χ0) is 13.1. The predicted octanol–water partition coefficient (Wildman–Crippen LogP) is 5.17. The Hall–Kier alpha value is -0.350. The van der Waals surface area contributed by atoms with E-state index in [1.807, 2.05) is 11.4 Å². The zero-order valence-electron chi connectivity index (χ0n) is 9.25. The summed E-state index contributed by atoms with van der Waals surface area (Å²) in [6, 6.07) is 7.21. The predicted molar refractivity (Wildman–Crippen MR) is 80.9 cm³/mol. The average Bonchev–Trinajstić information content (AvgIpc) is 2.70. The second kappa shape index (κ2) is 6.20. The molecule has 0 saturated carbocycles. The summed E-state index contributed by atoms with van der Waals surface area (Å²) in [5, 5.41) is 3.04. The molecule has 1 nitrogen and oxygen atoms in total. The SMILES string of the molecule is O=C(Cc1sccc1Br)Cc1c(Cl)cccc1Cl. The van der Waals surface area contributed by atoms with E-state index >= 15 is 0 Å². The summed E-state index contributed by atoms with van der Waals surface area (Å²) in [6.45, 7) is 0. The average molecular weight is 364 g/mol. The first-order valence-corrected chi connectivity index (χ1v) is 7.67. The van der Waals surface area contributed by atoms with Gasteiger partial charge in [0.1, 0.15) is 5.78 Å². The summed E-state index contributed by atoms with van der Waals surface area (Å²) in [5.41, 5.74) is 0.707. The Kier molecular flexibility index (Phi) is 4.84. The largest absolute Gasteiger partial charge is 0.299 e. The van der Waals surface area contributed by atoms with Gasteiger partial charge in [-0.25, -0.2) is 0 Å². The maximum absolute atomic E-state index is 12.0. The second-order valence-corrected chi connectivity index (χ2v) is 6.45. The third-order valence-electron chi connectivity index (χ3n) is 2.48. The van der Waals surface area contributed by atoms with E-state index in [9.17, 15) is 4.79 Å². The fourth-order valence-electron chi connectivity index (χ4n) is 1.59. The molecule has 2 rings (SSSR count). The second-order valence-electron chi connectivity index (χ2n) is 3.78. The van der Waals surface area contributed by atoms with Crippen LogP contribution in [0.5, 0.6) is 0 Å². The van der Waals surface area contributed by atoms with Gasteiger partial charge in [0.25, 0.3) is 0 Å². The van der Waals surface area contributed by atoms with Gasteiger partial charge in [-0.3, -0.25) is 4.79 Å². The summed E-state index contributed by atoms with van der Waals surface area (Å²) in [6.07, 6.45) is 0.669. The summed E-state index contributed by atoms with van der Waals surface area (Å²) in [5.74, 6) is 0.105. The van der Waals surface area contributed by atoms with Gasteiger partial charge in [-0.15, -0.1) is 11.3 Å². The van der Waals surface area contributed by atoms with Crippen LogP contribution in [-0.2, 0) is 17.6 Å². The van der Waals surface area contributed by atoms with Gasteiger partial charge in [0.15, 0.2) is 0 Å². The first kappa shape index (κ1) is 14.1. The molecule has 5 heteroatoms. The number of carbonyl (C=O) groups excluding carboxylic acids is 1. The highest BCUT2D eigenvalue weighted by Gasteiger charge is 2.13. The van der Waals surface area contributed by atoms with Crippen LogP contribution < -0.4 is 0 Å². The molecule has 0 N–H and O–H groups in total. The quantitative estimate of drug-likeness (QED) is 0.732. The summed E-state index contributed by atoms with van der Waals surface area (Å²) >= 11 is 17.1. The highest BCUT2D eigenvalue weighted by atomic mass is 79.9. The molecule has 1 aromatic heterocycles. The smallest absolute Gasteiger partial charge is 0.142 e. The van der Waals surface area contributed by atoms with Crippen LogP contribution in [0.4, 0.5) is 0 Å². The van der Waals surface area contributed by atoms with Gasteiger partial charge in [-0.1, -0.05) is 29.3 Å². The van der Waals surface area contributed by atoms with Crippen molar-refractivity contribution in [3.05, 3.63) is 54.6 Å². The van der Waals surface area contributed by atoms with Crippen LogP contribution in [0.15, 0.2) is 34.1 Å². The molecule has 0 fully saturated rings. The van der Waals surface area contributed by atoms with E-state index in [4.69, 9.17) is 23.2 Å². The molecule has 0 unspecified atom stereocenters. The summed E-state index contributed by atoms with van der Waals surface area (Å²) < 4.78 is 0.978. The molecule has 0 aliphatic heterocycles. The molecule has 0 saturated heterocycles. The van der Waals surface area contributed by atoms with Crippen LogP contribution >= 0.6 is 50.5 Å². The number of benzene rings is 1. The minimum Gasteiger partial charge on any atom is -0.299 e. The van der Waals surface area contributed by atoms with Crippen molar-refractivity contribution < 1.29 is 4.79 Å². The van der Waals surface area contributed by atoms with Gasteiger partial charge < -0.3 is 0 Å². The molecule has 0 aliphatic carbocycles. The maximum Gasteiger partial charge on any atom is 0.142 e. The molecule has 0 bridgehead atoms. The Morgan fingerprint density at radius 2 is 1.83 bits per heavy atom. The molecule has 0 spiro atoms. The number of hydrogen-bond acceptors (Lipinski definition) is 2. The molecule has 1 heterocycles. The van der Waals surface area contributed by atoms with Crippen molar-refractivity contribution in [3.8, 4) is 0 Å². The molecule has 94 valence electrons. The van der Waals surface area contributed by atoms with E-state index in [-0.39, 0.29) is 12.2 Å². The minimum atomic E-state index is 0.105. The van der Waals surface area contributed by atoms with Gasteiger partial charge in [0.05, 0.1) is 0 Å².